The highest BCUT2D eigenvalue weighted by Crippen LogP contribution is 2.21. The van der Waals surface area contributed by atoms with Crippen LogP contribution in [-0.2, 0) is 0 Å². The van der Waals surface area contributed by atoms with E-state index in [-0.39, 0.29) is 11.9 Å². The molecule has 1 heterocycles. The average Bonchev–Trinajstić information content (AvgIpc) is 2.29. The van der Waals surface area contributed by atoms with Gasteiger partial charge in [0.1, 0.15) is 5.82 Å². The van der Waals surface area contributed by atoms with E-state index in [1.165, 1.54) is 12.1 Å². The number of hydrogen-bond donors (Lipinski definition) is 1. The van der Waals surface area contributed by atoms with Gasteiger partial charge in [0.2, 0.25) is 0 Å². The van der Waals surface area contributed by atoms with Gasteiger partial charge in [-0.1, -0.05) is 6.07 Å². The van der Waals surface area contributed by atoms with Crippen molar-refractivity contribution in [3.05, 3.63) is 53.5 Å². The Morgan fingerprint density at radius 3 is 2.29 bits per heavy atom. The molecule has 0 fully saturated rings. The Hall–Kier alpha value is -1.74. The van der Waals surface area contributed by atoms with Crippen molar-refractivity contribution < 1.29 is 4.39 Å². The van der Waals surface area contributed by atoms with Crippen LogP contribution in [0.1, 0.15) is 24.2 Å². The second-order valence-electron chi connectivity index (χ2n) is 4.17. The molecular formula is C14H15FN2. The third kappa shape index (κ3) is 2.50. The van der Waals surface area contributed by atoms with E-state index in [0.717, 1.165) is 22.5 Å². The molecule has 88 valence electrons. The van der Waals surface area contributed by atoms with Crippen molar-refractivity contribution in [3.63, 3.8) is 0 Å². The summed E-state index contributed by atoms with van der Waals surface area (Å²) in [6, 6.07) is 10.2. The molecule has 0 bridgehead atoms. The predicted octanol–water partition coefficient (Wildman–Crippen LogP) is 3.22. The highest BCUT2D eigenvalue weighted by Gasteiger charge is 2.07. The van der Waals surface area contributed by atoms with Crippen LogP contribution in [0.25, 0.3) is 11.3 Å². The zero-order valence-corrected chi connectivity index (χ0v) is 9.94. The van der Waals surface area contributed by atoms with E-state index in [4.69, 9.17) is 5.73 Å². The first-order valence-electron chi connectivity index (χ1n) is 5.57. The number of hydrogen-bond acceptors (Lipinski definition) is 2. The molecule has 0 amide bonds. The molecule has 1 aromatic carbocycles. The summed E-state index contributed by atoms with van der Waals surface area (Å²) in [4.78, 5) is 4.49. The molecule has 2 N–H and O–H groups in total. The van der Waals surface area contributed by atoms with Gasteiger partial charge in [-0.3, -0.25) is 4.98 Å². The molecular weight excluding hydrogens is 215 g/mol. The van der Waals surface area contributed by atoms with E-state index in [1.54, 1.807) is 12.1 Å². The number of nitrogens with zero attached hydrogens (tertiary/aromatic N) is 1. The van der Waals surface area contributed by atoms with Gasteiger partial charge < -0.3 is 5.73 Å². The van der Waals surface area contributed by atoms with Crippen LogP contribution >= 0.6 is 0 Å². The quantitative estimate of drug-likeness (QED) is 0.860. The van der Waals surface area contributed by atoms with Gasteiger partial charge in [0, 0.05) is 17.3 Å². The zero-order valence-electron chi connectivity index (χ0n) is 9.94. The lowest BCUT2D eigenvalue weighted by atomic mass is 10.0. The van der Waals surface area contributed by atoms with Crippen LogP contribution in [0, 0.1) is 12.7 Å². The van der Waals surface area contributed by atoms with Crippen LogP contribution in [0.15, 0.2) is 36.4 Å². The Balaban J connectivity index is 2.41. The summed E-state index contributed by atoms with van der Waals surface area (Å²) in [5.41, 5.74) is 9.54. The zero-order chi connectivity index (χ0) is 12.4. The molecule has 2 rings (SSSR count). The molecule has 1 atom stereocenters. The molecule has 0 saturated carbocycles. The van der Waals surface area contributed by atoms with E-state index in [0.29, 0.717) is 0 Å². The fourth-order valence-corrected chi connectivity index (χ4v) is 1.83. The largest absolute Gasteiger partial charge is 0.324 e. The average molecular weight is 230 g/mol. The first kappa shape index (κ1) is 11.7. The summed E-state index contributed by atoms with van der Waals surface area (Å²) in [5, 5.41) is 0. The molecule has 1 aromatic heterocycles. The van der Waals surface area contributed by atoms with Gasteiger partial charge >= 0.3 is 0 Å². The van der Waals surface area contributed by atoms with Gasteiger partial charge in [-0.2, -0.15) is 0 Å². The minimum atomic E-state index is -0.238. The number of rotatable bonds is 2. The minimum Gasteiger partial charge on any atom is -0.324 e. The normalized spacial score (nSPS) is 12.5. The van der Waals surface area contributed by atoms with Crippen LogP contribution < -0.4 is 5.73 Å². The Labute approximate surface area is 100 Å². The van der Waals surface area contributed by atoms with Gasteiger partial charge in [0.25, 0.3) is 0 Å². The number of aryl methyl sites for hydroxylation is 1. The van der Waals surface area contributed by atoms with Gasteiger partial charge in [-0.05, 0) is 49.7 Å². The second-order valence-corrected chi connectivity index (χ2v) is 4.17. The van der Waals surface area contributed by atoms with E-state index < -0.39 is 0 Å². The van der Waals surface area contributed by atoms with Crippen LogP contribution in [0.3, 0.4) is 0 Å². The molecule has 3 heteroatoms. The van der Waals surface area contributed by atoms with Crippen molar-refractivity contribution in [1.29, 1.82) is 0 Å². The molecule has 0 aliphatic carbocycles. The van der Waals surface area contributed by atoms with Crippen LogP contribution in [-0.4, -0.2) is 4.98 Å². The highest BCUT2D eigenvalue weighted by atomic mass is 19.1. The van der Waals surface area contributed by atoms with E-state index in [9.17, 15) is 4.39 Å². The maximum atomic E-state index is 12.8. The lowest BCUT2D eigenvalue weighted by molar-refractivity contribution is 0.628. The Morgan fingerprint density at radius 2 is 1.76 bits per heavy atom. The lowest BCUT2D eigenvalue weighted by Gasteiger charge is -2.10. The maximum absolute atomic E-state index is 12.8. The number of halogens is 1. The van der Waals surface area contributed by atoms with E-state index in [2.05, 4.69) is 4.98 Å². The van der Waals surface area contributed by atoms with Crippen molar-refractivity contribution in [2.24, 2.45) is 5.73 Å². The molecule has 2 nitrogen and oxygen atoms in total. The number of benzene rings is 1. The van der Waals surface area contributed by atoms with Crippen molar-refractivity contribution in [1.82, 2.24) is 4.98 Å². The van der Waals surface area contributed by atoms with Gasteiger partial charge in [0.05, 0.1) is 5.69 Å². The summed E-state index contributed by atoms with van der Waals surface area (Å²) in [6.45, 7) is 3.87. The van der Waals surface area contributed by atoms with Crippen LogP contribution in [0.2, 0.25) is 0 Å². The monoisotopic (exact) mass is 230 g/mol. The summed E-state index contributed by atoms with van der Waals surface area (Å²) in [7, 11) is 0. The molecule has 0 radical (unpaired) electrons. The minimum absolute atomic E-state index is 0.0234. The van der Waals surface area contributed by atoms with Crippen molar-refractivity contribution >= 4 is 0 Å². The third-order valence-corrected chi connectivity index (χ3v) is 2.76. The SMILES string of the molecule is Cc1nc(-c2ccc(F)cc2)ccc1C(C)N. The van der Waals surface area contributed by atoms with Crippen LogP contribution in [0.5, 0.6) is 0 Å². The smallest absolute Gasteiger partial charge is 0.123 e. The number of nitrogens with two attached hydrogens (primary N) is 1. The van der Waals surface area contributed by atoms with E-state index in [1.807, 2.05) is 26.0 Å². The van der Waals surface area contributed by atoms with Crippen molar-refractivity contribution in [3.8, 4) is 11.3 Å². The topological polar surface area (TPSA) is 38.9 Å². The molecule has 0 spiro atoms. The maximum Gasteiger partial charge on any atom is 0.123 e. The fraction of sp³-hybridized carbons (Fsp3) is 0.214. The van der Waals surface area contributed by atoms with Crippen molar-refractivity contribution in [2.75, 3.05) is 0 Å². The number of pyridine rings is 1. The second kappa shape index (κ2) is 4.63. The molecule has 0 aliphatic rings. The standard InChI is InChI=1S/C14H15FN2/c1-9(16)13-7-8-14(17-10(13)2)11-3-5-12(15)6-4-11/h3-9H,16H2,1-2H3. The molecule has 1 unspecified atom stereocenters. The van der Waals surface area contributed by atoms with E-state index >= 15 is 0 Å². The summed E-state index contributed by atoms with van der Waals surface area (Å²) in [5.74, 6) is -0.238. The molecule has 0 saturated heterocycles. The molecule has 2 aromatic rings. The Bertz CT molecular complexity index is 518. The van der Waals surface area contributed by atoms with Crippen molar-refractivity contribution in [2.45, 2.75) is 19.9 Å². The molecule has 17 heavy (non-hydrogen) atoms. The lowest BCUT2D eigenvalue weighted by Crippen LogP contribution is -2.08. The first-order chi connectivity index (χ1) is 8.08. The Morgan fingerprint density at radius 1 is 1.12 bits per heavy atom. The first-order valence-corrected chi connectivity index (χ1v) is 5.57. The van der Waals surface area contributed by atoms with Gasteiger partial charge in [-0.25, -0.2) is 4.39 Å². The summed E-state index contributed by atoms with van der Waals surface area (Å²) < 4.78 is 12.8. The number of aromatic nitrogens is 1. The predicted molar refractivity (Wildman–Crippen MR) is 67.0 cm³/mol. The molecule has 0 aliphatic heterocycles. The fourth-order valence-electron chi connectivity index (χ4n) is 1.83. The summed E-state index contributed by atoms with van der Waals surface area (Å²) >= 11 is 0. The highest BCUT2D eigenvalue weighted by molar-refractivity contribution is 5.59. The van der Waals surface area contributed by atoms with Gasteiger partial charge in [0.15, 0.2) is 0 Å². The van der Waals surface area contributed by atoms with Crippen LogP contribution in [0.4, 0.5) is 4.39 Å². The summed E-state index contributed by atoms with van der Waals surface area (Å²) in [6.07, 6.45) is 0. The third-order valence-electron chi connectivity index (χ3n) is 2.76. The Kier molecular flexibility index (Phi) is 3.20. The van der Waals surface area contributed by atoms with Gasteiger partial charge in [-0.15, -0.1) is 0 Å².